The van der Waals surface area contributed by atoms with Crippen LogP contribution in [0.4, 0.5) is 5.69 Å². The fraction of sp³-hybridized carbons (Fsp3) is 0.632. The number of rotatable bonds is 6. The van der Waals surface area contributed by atoms with Crippen molar-refractivity contribution in [1.82, 2.24) is 9.80 Å². The highest BCUT2D eigenvalue weighted by atomic mass is 35.5. The van der Waals surface area contributed by atoms with E-state index in [1.54, 1.807) is 7.11 Å². The standard InChI is InChI=1S/C19H29N3O2.2ClH/c1-24-18-9-7-16(8-10-18)20-19(23)6-4-11-21-13-14-22-12-3-2-5-17(22)15-21;;/h7-10,17H,2-6,11-15H2,1H3,(H,20,23);2*1H. The number of hydrogen-bond acceptors (Lipinski definition) is 4. The highest BCUT2D eigenvalue weighted by molar-refractivity contribution is 5.90. The Labute approximate surface area is 169 Å². The number of piperazine rings is 1. The number of halogens is 2. The molecule has 1 amide bonds. The minimum absolute atomic E-state index is 0. The molecule has 0 aliphatic carbocycles. The van der Waals surface area contributed by atoms with Gasteiger partial charge in [0.2, 0.25) is 5.91 Å². The van der Waals surface area contributed by atoms with Gasteiger partial charge in [0, 0.05) is 37.8 Å². The number of benzene rings is 1. The Morgan fingerprint density at radius 2 is 1.92 bits per heavy atom. The van der Waals surface area contributed by atoms with Crippen molar-refractivity contribution in [2.75, 3.05) is 45.2 Å². The molecule has 1 unspecified atom stereocenters. The summed E-state index contributed by atoms with van der Waals surface area (Å²) in [5.41, 5.74) is 0.830. The molecule has 26 heavy (non-hydrogen) atoms. The number of carbonyl (C=O) groups excluding carboxylic acids is 1. The zero-order valence-electron chi connectivity index (χ0n) is 15.5. The van der Waals surface area contributed by atoms with Crippen LogP contribution >= 0.6 is 24.8 Å². The summed E-state index contributed by atoms with van der Waals surface area (Å²) in [4.78, 5) is 17.3. The summed E-state index contributed by atoms with van der Waals surface area (Å²) in [5, 5.41) is 2.95. The molecule has 2 fully saturated rings. The number of carbonyl (C=O) groups is 1. The fourth-order valence-corrected chi connectivity index (χ4v) is 3.78. The molecule has 3 rings (SSSR count). The second kappa shape index (κ2) is 11.7. The Hall–Kier alpha value is -1.01. The predicted octanol–water partition coefficient (Wildman–Crippen LogP) is 3.43. The number of nitrogens with zero attached hydrogens (tertiary/aromatic N) is 2. The predicted molar refractivity (Wildman–Crippen MR) is 111 cm³/mol. The number of amides is 1. The first-order chi connectivity index (χ1) is 11.7. The average molecular weight is 404 g/mol. The first-order valence-electron chi connectivity index (χ1n) is 9.15. The molecule has 1 N–H and O–H groups in total. The monoisotopic (exact) mass is 403 g/mol. The summed E-state index contributed by atoms with van der Waals surface area (Å²) in [5.74, 6) is 0.895. The number of fused-ring (bicyclic) bond motifs is 1. The lowest BCUT2D eigenvalue weighted by atomic mass is 9.99. The van der Waals surface area contributed by atoms with Crippen LogP contribution in [0.2, 0.25) is 0 Å². The second-order valence-corrected chi connectivity index (χ2v) is 6.87. The normalized spacial score (nSPS) is 20.3. The van der Waals surface area contributed by atoms with Crippen molar-refractivity contribution in [2.45, 2.75) is 38.1 Å². The maximum atomic E-state index is 12.1. The molecule has 2 aliphatic heterocycles. The molecule has 1 aromatic rings. The number of hydrogen-bond donors (Lipinski definition) is 1. The van der Waals surface area contributed by atoms with E-state index in [9.17, 15) is 4.79 Å². The Kier molecular flexibility index (Phi) is 10.3. The summed E-state index contributed by atoms with van der Waals surface area (Å²) in [6, 6.07) is 8.22. The van der Waals surface area contributed by atoms with Crippen LogP contribution in [0.5, 0.6) is 5.75 Å². The Morgan fingerprint density at radius 3 is 2.65 bits per heavy atom. The first kappa shape index (κ1) is 23.0. The quantitative estimate of drug-likeness (QED) is 0.789. The summed E-state index contributed by atoms with van der Waals surface area (Å²) < 4.78 is 5.12. The van der Waals surface area contributed by atoms with Crippen molar-refractivity contribution < 1.29 is 9.53 Å². The summed E-state index contributed by atoms with van der Waals surface area (Å²) in [6.07, 6.45) is 5.58. The van der Waals surface area contributed by atoms with Gasteiger partial charge in [-0.1, -0.05) is 6.42 Å². The maximum Gasteiger partial charge on any atom is 0.224 e. The van der Waals surface area contributed by atoms with Crippen molar-refractivity contribution in [3.05, 3.63) is 24.3 Å². The number of ether oxygens (including phenoxy) is 1. The van der Waals surface area contributed by atoms with Crippen LogP contribution in [0.1, 0.15) is 32.1 Å². The molecule has 7 heteroatoms. The van der Waals surface area contributed by atoms with E-state index < -0.39 is 0 Å². The molecule has 2 aliphatic rings. The van der Waals surface area contributed by atoms with Gasteiger partial charge in [-0.3, -0.25) is 9.69 Å². The molecule has 0 saturated carbocycles. The maximum absolute atomic E-state index is 12.1. The SMILES string of the molecule is COc1ccc(NC(=O)CCCN2CCN3CCCCC3C2)cc1.Cl.Cl. The van der Waals surface area contributed by atoms with Crippen molar-refractivity contribution >= 4 is 36.4 Å². The van der Waals surface area contributed by atoms with Crippen LogP contribution < -0.4 is 10.1 Å². The van der Waals surface area contributed by atoms with E-state index in [2.05, 4.69) is 15.1 Å². The molecule has 0 bridgehead atoms. The van der Waals surface area contributed by atoms with Gasteiger partial charge in [-0.2, -0.15) is 0 Å². The van der Waals surface area contributed by atoms with Crippen LogP contribution in [0.25, 0.3) is 0 Å². The summed E-state index contributed by atoms with van der Waals surface area (Å²) in [7, 11) is 1.64. The Morgan fingerprint density at radius 1 is 1.15 bits per heavy atom. The highest BCUT2D eigenvalue weighted by Gasteiger charge is 2.28. The molecule has 2 heterocycles. The van der Waals surface area contributed by atoms with Crippen molar-refractivity contribution in [2.24, 2.45) is 0 Å². The zero-order chi connectivity index (χ0) is 16.8. The minimum atomic E-state index is 0. The molecule has 148 valence electrons. The van der Waals surface area contributed by atoms with E-state index in [0.29, 0.717) is 6.42 Å². The van der Waals surface area contributed by atoms with E-state index >= 15 is 0 Å². The van der Waals surface area contributed by atoms with Crippen molar-refractivity contribution in [3.63, 3.8) is 0 Å². The van der Waals surface area contributed by atoms with Gasteiger partial charge in [0.05, 0.1) is 7.11 Å². The lowest BCUT2D eigenvalue weighted by molar-refractivity contribution is -0.116. The molecule has 5 nitrogen and oxygen atoms in total. The first-order valence-corrected chi connectivity index (χ1v) is 9.15. The van der Waals surface area contributed by atoms with Gasteiger partial charge in [0.15, 0.2) is 0 Å². The lowest BCUT2D eigenvalue weighted by Crippen LogP contribution is -2.54. The number of nitrogens with one attached hydrogen (secondary N) is 1. The van der Waals surface area contributed by atoms with Gasteiger partial charge in [0.25, 0.3) is 0 Å². The van der Waals surface area contributed by atoms with Crippen molar-refractivity contribution in [1.29, 1.82) is 0 Å². The molecule has 0 radical (unpaired) electrons. The fourth-order valence-electron chi connectivity index (χ4n) is 3.78. The van der Waals surface area contributed by atoms with Crippen LogP contribution in [-0.2, 0) is 4.79 Å². The molecule has 0 spiro atoms. The molecule has 1 atom stereocenters. The van der Waals surface area contributed by atoms with E-state index in [4.69, 9.17) is 4.74 Å². The van der Waals surface area contributed by atoms with Gasteiger partial charge in [-0.05, 0) is 56.6 Å². The zero-order valence-corrected chi connectivity index (χ0v) is 17.1. The van der Waals surface area contributed by atoms with Gasteiger partial charge >= 0.3 is 0 Å². The van der Waals surface area contributed by atoms with E-state index in [1.807, 2.05) is 24.3 Å². The topological polar surface area (TPSA) is 44.8 Å². The summed E-state index contributed by atoms with van der Waals surface area (Å²) in [6.45, 7) is 5.84. The minimum Gasteiger partial charge on any atom is -0.497 e. The average Bonchev–Trinajstić information content (AvgIpc) is 2.62. The summed E-state index contributed by atoms with van der Waals surface area (Å²) >= 11 is 0. The Balaban J connectivity index is 0.00000169. The third-order valence-electron chi connectivity index (χ3n) is 5.17. The molecular weight excluding hydrogens is 373 g/mol. The van der Waals surface area contributed by atoms with Gasteiger partial charge in [0.1, 0.15) is 5.75 Å². The van der Waals surface area contributed by atoms with Gasteiger partial charge in [-0.15, -0.1) is 24.8 Å². The second-order valence-electron chi connectivity index (χ2n) is 6.87. The van der Waals surface area contributed by atoms with Crippen LogP contribution in [-0.4, -0.2) is 61.6 Å². The lowest BCUT2D eigenvalue weighted by Gasteiger charge is -2.44. The number of anilines is 1. The van der Waals surface area contributed by atoms with Gasteiger partial charge in [-0.25, -0.2) is 0 Å². The molecule has 1 aromatic carbocycles. The third kappa shape index (κ3) is 6.62. The van der Waals surface area contributed by atoms with Crippen LogP contribution in [0.3, 0.4) is 0 Å². The van der Waals surface area contributed by atoms with Crippen LogP contribution in [0.15, 0.2) is 24.3 Å². The van der Waals surface area contributed by atoms with Crippen molar-refractivity contribution in [3.8, 4) is 5.75 Å². The van der Waals surface area contributed by atoms with Crippen LogP contribution in [0, 0.1) is 0 Å². The molecular formula is C19H31Cl2N3O2. The largest absolute Gasteiger partial charge is 0.497 e. The number of piperidine rings is 1. The number of methoxy groups -OCH3 is 1. The smallest absolute Gasteiger partial charge is 0.224 e. The van der Waals surface area contributed by atoms with E-state index in [1.165, 1.54) is 38.9 Å². The highest BCUT2D eigenvalue weighted by Crippen LogP contribution is 2.21. The molecule has 0 aromatic heterocycles. The van der Waals surface area contributed by atoms with E-state index in [-0.39, 0.29) is 30.7 Å². The van der Waals surface area contributed by atoms with E-state index in [0.717, 1.165) is 37.0 Å². The van der Waals surface area contributed by atoms with Gasteiger partial charge < -0.3 is 15.0 Å². The Bertz CT molecular complexity index is 542. The third-order valence-corrected chi connectivity index (χ3v) is 5.17. The molecule has 2 saturated heterocycles.